The zero-order valence-corrected chi connectivity index (χ0v) is 20.1. The third-order valence-corrected chi connectivity index (χ3v) is 4.89. The standard InChI is InChI=1S/C8H17N2O2S.C8H13N2O2S.2Cu.2H2O/c2*11-13(12)6-5-9-7-8-3-1-2-4-10-8;;;;/h8-9H,1-7H2,(H,11,12);1-4,8-9H,5-7H2,(H,11,12);;;2*1H2/q2*-1;2*+1;;. The number of rotatable bonds is 10. The van der Waals surface area contributed by atoms with Crippen LogP contribution in [0.2, 0.25) is 0 Å². The summed E-state index contributed by atoms with van der Waals surface area (Å²) in [5, 5.41) is 14.8. The second kappa shape index (κ2) is 25.6. The van der Waals surface area contributed by atoms with Crippen molar-refractivity contribution in [2.45, 2.75) is 31.3 Å². The Morgan fingerprint density at radius 1 is 0.933 bits per heavy atom. The van der Waals surface area contributed by atoms with Crippen LogP contribution in [0.15, 0.2) is 24.4 Å². The Kier molecular flexibility index (Phi) is 32.1. The number of nitrogens with zero attached hydrogens (tertiary/aromatic N) is 2. The molecule has 2 aliphatic rings. The second-order valence-corrected chi connectivity index (χ2v) is 8.06. The number of piperidine rings is 1. The van der Waals surface area contributed by atoms with Crippen LogP contribution in [-0.2, 0) is 56.3 Å². The van der Waals surface area contributed by atoms with Crippen LogP contribution in [0.25, 0.3) is 10.6 Å². The summed E-state index contributed by atoms with van der Waals surface area (Å²) < 4.78 is 37.5. The number of allylic oxidation sites excluding steroid dienone is 2. The van der Waals surface area contributed by atoms with Gasteiger partial charge in [-0.2, -0.15) is 6.20 Å². The first-order chi connectivity index (χ1) is 12.6. The van der Waals surface area contributed by atoms with Crippen molar-refractivity contribution in [1.82, 2.24) is 10.6 Å². The summed E-state index contributed by atoms with van der Waals surface area (Å²) in [5.41, 5.74) is 0. The molecule has 0 aromatic rings. The van der Waals surface area contributed by atoms with Crippen molar-refractivity contribution in [2.24, 2.45) is 0 Å². The van der Waals surface area contributed by atoms with E-state index in [2.05, 4.69) is 21.3 Å². The fraction of sp³-hybridized carbons (Fsp3) is 0.750. The molecule has 0 amide bonds. The van der Waals surface area contributed by atoms with Gasteiger partial charge < -0.3 is 41.3 Å². The minimum atomic E-state index is -1.70. The minimum Gasteiger partial charge on any atom is -0.684 e. The van der Waals surface area contributed by atoms with Gasteiger partial charge in [-0.3, -0.25) is 0 Å². The van der Waals surface area contributed by atoms with Crippen molar-refractivity contribution >= 4 is 22.2 Å². The van der Waals surface area contributed by atoms with Crippen molar-refractivity contribution in [2.75, 3.05) is 44.2 Å². The molecule has 4 atom stereocenters. The smallest absolute Gasteiger partial charge is 0.684 e. The zero-order chi connectivity index (χ0) is 19.0. The van der Waals surface area contributed by atoms with Crippen LogP contribution >= 0.6 is 0 Å². The molecule has 1 fully saturated rings. The Balaban J connectivity index is -0.000000199. The molecule has 188 valence electrons. The van der Waals surface area contributed by atoms with Crippen molar-refractivity contribution < 1.29 is 62.6 Å². The molecule has 0 spiro atoms. The first-order valence-electron chi connectivity index (χ1n) is 8.84. The van der Waals surface area contributed by atoms with E-state index in [1.807, 2.05) is 18.2 Å². The fourth-order valence-electron chi connectivity index (χ4n) is 2.43. The molecule has 14 heteroatoms. The van der Waals surface area contributed by atoms with E-state index in [0.29, 0.717) is 24.9 Å². The summed E-state index contributed by atoms with van der Waals surface area (Å²) in [6, 6.07) is 0.595. The van der Waals surface area contributed by atoms with Crippen LogP contribution in [0.1, 0.15) is 19.3 Å². The Labute approximate surface area is 205 Å². The van der Waals surface area contributed by atoms with Gasteiger partial charge in [-0.1, -0.05) is 43.5 Å². The molecule has 0 bridgehead atoms. The van der Waals surface area contributed by atoms with Gasteiger partial charge in [0, 0.05) is 13.1 Å². The molecule has 0 radical (unpaired) electrons. The van der Waals surface area contributed by atoms with Gasteiger partial charge >= 0.3 is 34.1 Å². The van der Waals surface area contributed by atoms with E-state index in [1.54, 1.807) is 6.20 Å². The van der Waals surface area contributed by atoms with E-state index in [1.165, 1.54) is 12.8 Å². The number of nitrogens with one attached hydrogen (secondary N) is 2. The molecule has 0 aromatic heterocycles. The molecule has 10 nitrogen and oxygen atoms in total. The summed E-state index contributed by atoms with van der Waals surface area (Å²) in [6.07, 6.45) is 11.2. The van der Waals surface area contributed by atoms with E-state index >= 15 is 0 Å². The van der Waals surface area contributed by atoms with Gasteiger partial charge in [-0.25, -0.2) is 8.42 Å². The largest absolute Gasteiger partial charge is 1.00 e. The molecule has 30 heavy (non-hydrogen) atoms. The van der Waals surface area contributed by atoms with Crippen LogP contribution in [0, 0.1) is 0 Å². The van der Waals surface area contributed by atoms with Crippen molar-refractivity contribution in [1.29, 1.82) is 0 Å². The van der Waals surface area contributed by atoms with Gasteiger partial charge in [-0.15, -0.1) is 12.6 Å². The first kappa shape index (κ1) is 37.6. The normalized spacial score (nSPS) is 21.0. The Bertz CT molecular complexity index is 487. The third kappa shape index (κ3) is 23.0. The molecule has 8 N–H and O–H groups in total. The maximum Gasteiger partial charge on any atom is 1.00 e. The molecule has 0 aliphatic carbocycles. The minimum absolute atomic E-state index is 0. The molecule has 4 unspecified atom stereocenters. The summed E-state index contributed by atoms with van der Waals surface area (Å²) >= 11 is -3.36. The van der Waals surface area contributed by atoms with Gasteiger partial charge in [0.2, 0.25) is 0 Å². The van der Waals surface area contributed by atoms with Gasteiger partial charge in [0.15, 0.2) is 22.2 Å². The SMILES string of the molecule is O.O.O=S(O)CCNCC1C=CC=C[N-]1.O=S(O)CCNCC1CCCC[N-]1.[Cu+].[Cu+]. The van der Waals surface area contributed by atoms with Gasteiger partial charge in [0.05, 0.1) is 11.5 Å². The summed E-state index contributed by atoms with van der Waals surface area (Å²) in [5.74, 6) is 0.582. The van der Waals surface area contributed by atoms with Crippen molar-refractivity contribution in [3.63, 3.8) is 0 Å². The van der Waals surface area contributed by atoms with E-state index in [0.717, 1.165) is 26.1 Å². The van der Waals surface area contributed by atoms with Gasteiger partial charge in [0.1, 0.15) is 0 Å². The molecule has 2 rings (SSSR count). The topological polar surface area (TPSA) is 190 Å². The Morgan fingerprint density at radius 3 is 2.00 bits per heavy atom. The predicted octanol–water partition coefficient (Wildman–Crippen LogP) is -0.307. The molecule has 2 aliphatic heterocycles. The average molecular weight is 570 g/mol. The second-order valence-electron chi connectivity index (χ2n) is 5.96. The van der Waals surface area contributed by atoms with Crippen LogP contribution in [0.4, 0.5) is 0 Å². The van der Waals surface area contributed by atoms with Gasteiger partial charge in [-0.05, 0) is 13.1 Å². The third-order valence-electron chi connectivity index (χ3n) is 3.78. The maximum atomic E-state index is 10.3. The molecular formula is C16H34Cu2N4O6S2. The fourth-order valence-corrected chi connectivity index (χ4v) is 3.07. The zero-order valence-electron chi connectivity index (χ0n) is 16.6. The Morgan fingerprint density at radius 2 is 1.53 bits per heavy atom. The molecule has 0 aromatic carbocycles. The van der Waals surface area contributed by atoms with E-state index in [9.17, 15) is 8.42 Å². The average Bonchev–Trinajstić information content (AvgIpc) is 2.64. The van der Waals surface area contributed by atoms with E-state index in [-0.39, 0.29) is 56.9 Å². The summed E-state index contributed by atoms with van der Waals surface area (Å²) in [7, 11) is 0. The maximum absolute atomic E-state index is 10.3. The molecular weight excluding hydrogens is 535 g/mol. The van der Waals surface area contributed by atoms with Crippen LogP contribution in [0.3, 0.4) is 0 Å². The summed E-state index contributed by atoms with van der Waals surface area (Å²) in [6.45, 7) is 3.72. The van der Waals surface area contributed by atoms with Crippen LogP contribution < -0.4 is 10.6 Å². The molecule has 1 saturated heterocycles. The number of hydrogen-bond acceptors (Lipinski definition) is 4. The van der Waals surface area contributed by atoms with Gasteiger partial charge in [0.25, 0.3) is 0 Å². The quantitative estimate of drug-likeness (QED) is 0.159. The Hall–Kier alpha value is 0.339. The monoisotopic (exact) mass is 568 g/mol. The predicted molar refractivity (Wildman–Crippen MR) is 116 cm³/mol. The van der Waals surface area contributed by atoms with Crippen LogP contribution in [0.5, 0.6) is 0 Å². The molecule has 0 saturated carbocycles. The van der Waals surface area contributed by atoms with Crippen molar-refractivity contribution in [3.8, 4) is 0 Å². The first-order valence-corrected chi connectivity index (χ1v) is 11.4. The molecule has 2 heterocycles. The van der Waals surface area contributed by atoms with E-state index < -0.39 is 22.2 Å². The summed E-state index contributed by atoms with van der Waals surface area (Å²) in [4.78, 5) is 0. The van der Waals surface area contributed by atoms with E-state index in [4.69, 9.17) is 9.11 Å². The number of hydrogen-bond donors (Lipinski definition) is 4. The van der Waals surface area contributed by atoms with Crippen LogP contribution in [-0.4, -0.2) is 84.8 Å². The van der Waals surface area contributed by atoms with Crippen molar-refractivity contribution in [3.05, 3.63) is 35.1 Å².